The first-order chi connectivity index (χ1) is 15.1. The molecule has 0 bridgehead atoms. The molecule has 2 heterocycles. The van der Waals surface area contributed by atoms with Crippen molar-refractivity contribution in [1.29, 1.82) is 0 Å². The summed E-state index contributed by atoms with van der Waals surface area (Å²) in [6.45, 7) is 13.0. The highest BCUT2D eigenvalue weighted by atomic mass is 16.6. The van der Waals surface area contributed by atoms with Crippen LogP contribution in [-0.4, -0.2) is 83.5 Å². The van der Waals surface area contributed by atoms with Crippen LogP contribution in [0.15, 0.2) is 0 Å². The van der Waals surface area contributed by atoms with E-state index in [1.54, 1.807) is 9.80 Å². The summed E-state index contributed by atoms with van der Waals surface area (Å²) in [5, 5.41) is 8.81. The lowest BCUT2D eigenvalue weighted by Crippen LogP contribution is -2.43. The molecule has 2 saturated heterocycles. The molecule has 10 heteroatoms. The zero-order chi connectivity index (χ0) is 25.4. The largest absolute Gasteiger partial charge is 0.481 e. The van der Waals surface area contributed by atoms with Crippen LogP contribution in [0.4, 0.5) is 9.59 Å². The van der Waals surface area contributed by atoms with E-state index in [1.807, 2.05) is 41.5 Å². The number of likely N-dealkylation sites (tertiary alicyclic amines) is 2. The van der Waals surface area contributed by atoms with E-state index in [-0.39, 0.29) is 30.0 Å². The normalized spacial score (nSPS) is 18.0. The number of carboxylic acids is 1. The lowest BCUT2D eigenvalue weighted by molar-refractivity contribution is -0.147. The Hall–Kier alpha value is -2.52. The van der Waals surface area contributed by atoms with Crippen molar-refractivity contribution in [1.82, 2.24) is 9.80 Å². The highest BCUT2D eigenvalue weighted by Crippen LogP contribution is 2.21. The van der Waals surface area contributed by atoms with E-state index in [2.05, 4.69) is 0 Å². The maximum Gasteiger partial charge on any atom is 0.410 e. The number of piperidine rings is 2. The molecule has 190 valence electrons. The molecule has 0 aromatic rings. The van der Waals surface area contributed by atoms with Gasteiger partial charge < -0.3 is 29.1 Å². The minimum Gasteiger partial charge on any atom is -0.481 e. The number of methoxy groups -OCH3 is 1. The lowest BCUT2D eigenvalue weighted by atomic mass is 9.97. The number of hydrogen-bond donors (Lipinski definition) is 1. The van der Waals surface area contributed by atoms with Crippen molar-refractivity contribution >= 4 is 24.1 Å². The first-order valence-corrected chi connectivity index (χ1v) is 11.4. The van der Waals surface area contributed by atoms with Crippen molar-refractivity contribution in [3.63, 3.8) is 0 Å². The van der Waals surface area contributed by atoms with Crippen LogP contribution in [0.2, 0.25) is 0 Å². The van der Waals surface area contributed by atoms with E-state index in [1.165, 1.54) is 7.11 Å². The van der Waals surface area contributed by atoms with Crippen molar-refractivity contribution in [2.45, 2.75) is 78.4 Å². The second kappa shape index (κ2) is 12.1. The molecule has 0 aromatic heterocycles. The Balaban J connectivity index is 0.000000331. The molecule has 2 rings (SSSR count). The highest BCUT2D eigenvalue weighted by molar-refractivity contribution is 5.73. The van der Waals surface area contributed by atoms with Gasteiger partial charge in [0.1, 0.15) is 11.2 Å². The minimum atomic E-state index is -0.774. The molecule has 0 unspecified atom stereocenters. The summed E-state index contributed by atoms with van der Waals surface area (Å²) in [6.07, 6.45) is 1.65. The Morgan fingerprint density at radius 2 is 1.03 bits per heavy atom. The van der Waals surface area contributed by atoms with Crippen LogP contribution in [0, 0.1) is 11.8 Å². The molecule has 10 nitrogen and oxygen atoms in total. The molecule has 0 aromatic carbocycles. The fourth-order valence-corrected chi connectivity index (χ4v) is 3.43. The Morgan fingerprint density at radius 3 is 1.30 bits per heavy atom. The standard InChI is InChI=1S/C12H21NO4.C11H19NO4/c1-12(2,3)17-11(15)13-7-5-9(6-8-13)10(14)16-4;1-11(2,3)16-10(15)12-6-4-8(5-7-12)9(13)14/h9H,5-8H2,1-4H3;8H,4-7H2,1-3H3,(H,13,14). The van der Waals surface area contributed by atoms with Crippen LogP contribution < -0.4 is 0 Å². The Kier molecular flexibility index (Phi) is 10.4. The number of hydrogen-bond acceptors (Lipinski definition) is 7. The zero-order valence-corrected chi connectivity index (χ0v) is 21.0. The first kappa shape index (κ1) is 28.5. The first-order valence-electron chi connectivity index (χ1n) is 11.4. The van der Waals surface area contributed by atoms with Crippen LogP contribution >= 0.6 is 0 Å². The van der Waals surface area contributed by atoms with Crippen LogP contribution in [0.1, 0.15) is 67.2 Å². The van der Waals surface area contributed by atoms with E-state index < -0.39 is 17.2 Å². The van der Waals surface area contributed by atoms with Gasteiger partial charge in [0.25, 0.3) is 0 Å². The van der Waals surface area contributed by atoms with Crippen molar-refractivity contribution in [2.75, 3.05) is 33.3 Å². The fourth-order valence-electron chi connectivity index (χ4n) is 3.43. The van der Waals surface area contributed by atoms with Gasteiger partial charge in [0.05, 0.1) is 18.9 Å². The molecule has 0 aliphatic carbocycles. The van der Waals surface area contributed by atoms with Gasteiger partial charge in [0.2, 0.25) is 0 Å². The van der Waals surface area contributed by atoms with E-state index in [9.17, 15) is 19.2 Å². The van der Waals surface area contributed by atoms with E-state index >= 15 is 0 Å². The molecule has 1 N–H and O–H groups in total. The number of nitrogens with zero attached hydrogens (tertiary/aromatic N) is 2. The molecule has 2 fully saturated rings. The van der Waals surface area contributed by atoms with Crippen molar-refractivity contribution in [2.24, 2.45) is 11.8 Å². The second-order valence-electron chi connectivity index (χ2n) is 10.3. The summed E-state index contributed by atoms with van der Waals surface area (Å²) in [6, 6.07) is 0. The van der Waals surface area contributed by atoms with Crippen molar-refractivity contribution in [3.05, 3.63) is 0 Å². The molecule has 0 saturated carbocycles. The maximum absolute atomic E-state index is 11.7. The molecule has 2 aliphatic rings. The van der Waals surface area contributed by atoms with E-state index in [0.29, 0.717) is 51.9 Å². The lowest BCUT2D eigenvalue weighted by Gasteiger charge is -2.32. The number of esters is 1. The number of carboxylic acid groups (broad SMARTS) is 1. The van der Waals surface area contributed by atoms with Gasteiger partial charge in [-0.15, -0.1) is 0 Å². The molecule has 0 radical (unpaired) electrons. The third kappa shape index (κ3) is 10.8. The Morgan fingerprint density at radius 1 is 0.697 bits per heavy atom. The van der Waals surface area contributed by atoms with Gasteiger partial charge in [-0.3, -0.25) is 9.59 Å². The Bertz CT molecular complexity index is 680. The minimum absolute atomic E-state index is 0.0845. The SMILES string of the molecule is CC(C)(C)OC(=O)N1CCC(C(=O)O)CC1.COC(=O)C1CCN(C(=O)OC(C)(C)C)CC1. The van der Waals surface area contributed by atoms with Gasteiger partial charge in [-0.05, 0) is 67.2 Å². The maximum atomic E-state index is 11.7. The van der Waals surface area contributed by atoms with Gasteiger partial charge in [-0.1, -0.05) is 0 Å². The molecular formula is C23H40N2O8. The summed E-state index contributed by atoms with van der Waals surface area (Å²) in [4.78, 5) is 48.7. The smallest absolute Gasteiger partial charge is 0.410 e. The average Bonchev–Trinajstić information content (AvgIpc) is 2.71. The summed E-state index contributed by atoms with van der Waals surface area (Å²) < 4.78 is 15.2. The van der Waals surface area contributed by atoms with Crippen LogP contribution in [0.3, 0.4) is 0 Å². The predicted octanol–water partition coefficient (Wildman–Crippen LogP) is 3.52. The van der Waals surface area contributed by atoms with Crippen molar-refractivity contribution < 1.29 is 38.5 Å². The quantitative estimate of drug-likeness (QED) is 0.478. The van der Waals surface area contributed by atoms with Crippen LogP contribution in [0.25, 0.3) is 0 Å². The second-order valence-corrected chi connectivity index (χ2v) is 10.3. The van der Waals surface area contributed by atoms with Gasteiger partial charge in [-0.2, -0.15) is 0 Å². The molecule has 0 atom stereocenters. The number of carbonyl (C=O) groups is 4. The van der Waals surface area contributed by atoms with Gasteiger partial charge in [0, 0.05) is 26.2 Å². The fraction of sp³-hybridized carbons (Fsp3) is 0.826. The van der Waals surface area contributed by atoms with E-state index in [0.717, 1.165) is 0 Å². The summed E-state index contributed by atoms with van der Waals surface area (Å²) >= 11 is 0. The van der Waals surface area contributed by atoms with E-state index in [4.69, 9.17) is 19.3 Å². The van der Waals surface area contributed by atoms with Crippen LogP contribution in [0.5, 0.6) is 0 Å². The third-order valence-corrected chi connectivity index (χ3v) is 5.18. The summed E-state index contributed by atoms with van der Waals surface area (Å²) in [5.74, 6) is -1.37. The monoisotopic (exact) mass is 472 g/mol. The Labute approximate surface area is 196 Å². The third-order valence-electron chi connectivity index (χ3n) is 5.18. The number of rotatable bonds is 2. The number of amides is 2. The predicted molar refractivity (Wildman–Crippen MR) is 121 cm³/mol. The van der Waals surface area contributed by atoms with Crippen LogP contribution in [-0.2, 0) is 23.8 Å². The topological polar surface area (TPSA) is 123 Å². The molecule has 0 spiro atoms. The number of aliphatic carboxylic acids is 1. The van der Waals surface area contributed by atoms with Gasteiger partial charge in [-0.25, -0.2) is 9.59 Å². The summed E-state index contributed by atoms with van der Waals surface area (Å²) in [7, 11) is 1.39. The number of carbonyl (C=O) groups excluding carboxylic acids is 3. The highest BCUT2D eigenvalue weighted by Gasteiger charge is 2.31. The van der Waals surface area contributed by atoms with Gasteiger partial charge >= 0.3 is 24.1 Å². The molecule has 2 amide bonds. The van der Waals surface area contributed by atoms with Gasteiger partial charge in [0.15, 0.2) is 0 Å². The zero-order valence-electron chi connectivity index (χ0n) is 21.0. The summed E-state index contributed by atoms with van der Waals surface area (Å²) in [5.41, 5.74) is -0.975. The average molecular weight is 473 g/mol. The molecule has 2 aliphatic heterocycles. The molecular weight excluding hydrogens is 432 g/mol. The van der Waals surface area contributed by atoms with Crippen molar-refractivity contribution in [3.8, 4) is 0 Å². The number of ether oxygens (including phenoxy) is 3. The molecule has 33 heavy (non-hydrogen) atoms.